The number of benzene rings is 1. The van der Waals surface area contributed by atoms with Crippen LogP contribution in [0.5, 0.6) is 0 Å². The molecule has 0 aliphatic carbocycles. The molecular weight excluding hydrogens is 302 g/mol. The van der Waals surface area contributed by atoms with Gasteiger partial charge in [0.2, 0.25) is 0 Å². The molecular formula is C19H23N3O2. The molecule has 1 aliphatic heterocycles. The molecule has 1 aromatic heterocycles. The Labute approximate surface area is 142 Å². The Balaban J connectivity index is 1.78. The normalized spacial score (nSPS) is 21.4. The monoisotopic (exact) mass is 325 g/mol. The molecule has 3 rings (SSSR count). The number of hydrogen-bond acceptors (Lipinski definition) is 5. The maximum Gasteiger partial charge on any atom is 0.309 e. The molecule has 2 atom stereocenters. The minimum Gasteiger partial charge on any atom is -0.469 e. The average molecular weight is 325 g/mol. The third-order valence-corrected chi connectivity index (χ3v) is 4.58. The van der Waals surface area contributed by atoms with Crippen molar-refractivity contribution < 1.29 is 9.53 Å². The van der Waals surface area contributed by atoms with Crippen molar-refractivity contribution >= 4 is 11.8 Å². The molecule has 1 aliphatic rings. The van der Waals surface area contributed by atoms with E-state index in [9.17, 15) is 4.79 Å². The molecule has 2 N–H and O–H groups in total. The van der Waals surface area contributed by atoms with E-state index >= 15 is 0 Å². The van der Waals surface area contributed by atoms with Crippen LogP contribution in [0.25, 0.3) is 0 Å². The highest BCUT2D eigenvalue weighted by Crippen LogP contribution is 2.31. The summed E-state index contributed by atoms with van der Waals surface area (Å²) in [5.74, 6) is 0.611. The summed E-state index contributed by atoms with van der Waals surface area (Å²) in [6.07, 6.45) is 2.55. The number of ether oxygens (including phenoxy) is 1. The van der Waals surface area contributed by atoms with Crippen molar-refractivity contribution in [3.63, 3.8) is 0 Å². The van der Waals surface area contributed by atoms with Crippen LogP contribution >= 0.6 is 0 Å². The van der Waals surface area contributed by atoms with E-state index in [4.69, 9.17) is 10.5 Å². The van der Waals surface area contributed by atoms with Gasteiger partial charge in [-0.05, 0) is 35.6 Å². The fourth-order valence-electron chi connectivity index (χ4n) is 3.47. The minimum absolute atomic E-state index is 0.104. The number of carbonyl (C=O) groups excluding carboxylic acids is 1. The van der Waals surface area contributed by atoms with Crippen molar-refractivity contribution in [1.82, 2.24) is 9.88 Å². The fraction of sp³-hybridized carbons (Fsp3) is 0.368. The van der Waals surface area contributed by atoms with Crippen LogP contribution in [0, 0.1) is 5.92 Å². The lowest BCUT2D eigenvalue weighted by atomic mass is 9.84. The summed E-state index contributed by atoms with van der Waals surface area (Å²) < 4.78 is 5.00. The van der Waals surface area contributed by atoms with E-state index in [2.05, 4.69) is 22.0 Å². The molecule has 0 saturated carbocycles. The first-order valence-corrected chi connectivity index (χ1v) is 8.21. The summed E-state index contributed by atoms with van der Waals surface area (Å²) in [6, 6.07) is 14.2. The molecule has 1 saturated heterocycles. The van der Waals surface area contributed by atoms with Crippen molar-refractivity contribution in [3.05, 3.63) is 59.8 Å². The van der Waals surface area contributed by atoms with Gasteiger partial charge in [0, 0.05) is 25.8 Å². The Bertz CT molecular complexity index is 690. The standard InChI is InChI=1S/C19H23N3O2/c1-24-19(23)17-10-16(15-5-3-2-4-6-15)12-22(13-17)11-14-7-8-21-18(20)9-14/h2-9,16-17H,10-13H2,1H3,(H2,20,21)/t16-,17-/m1/s1. The number of nitrogen functional groups attached to an aromatic ring is 1. The molecule has 0 spiro atoms. The first-order chi connectivity index (χ1) is 11.7. The molecule has 24 heavy (non-hydrogen) atoms. The van der Waals surface area contributed by atoms with Gasteiger partial charge in [-0.1, -0.05) is 30.3 Å². The van der Waals surface area contributed by atoms with E-state index in [0.29, 0.717) is 18.3 Å². The van der Waals surface area contributed by atoms with Gasteiger partial charge < -0.3 is 10.5 Å². The summed E-state index contributed by atoms with van der Waals surface area (Å²) in [5.41, 5.74) is 8.16. The molecule has 0 bridgehead atoms. The number of methoxy groups -OCH3 is 1. The van der Waals surface area contributed by atoms with Crippen molar-refractivity contribution in [2.24, 2.45) is 5.92 Å². The van der Waals surface area contributed by atoms with Gasteiger partial charge in [0.1, 0.15) is 5.82 Å². The fourth-order valence-corrected chi connectivity index (χ4v) is 3.47. The van der Waals surface area contributed by atoms with Gasteiger partial charge in [-0.25, -0.2) is 4.98 Å². The predicted octanol–water partition coefficient (Wildman–Crippen LogP) is 2.44. The van der Waals surface area contributed by atoms with E-state index in [1.54, 1.807) is 6.20 Å². The second-order valence-electron chi connectivity index (χ2n) is 6.35. The van der Waals surface area contributed by atoms with E-state index in [-0.39, 0.29) is 11.9 Å². The molecule has 0 radical (unpaired) electrons. The zero-order valence-corrected chi connectivity index (χ0v) is 13.9. The second-order valence-corrected chi connectivity index (χ2v) is 6.35. The van der Waals surface area contributed by atoms with Crippen molar-refractivity contribution in [2.45, 2.75) is 18.9 Å². The number of piperidine rings is 1. The molecule has 126 valence electrons. The van der Waals surface area contributed by atoms with Gasteiger partial charge in [-0.15, -0.1) is 0 Å². The highest BCUT2D eigenvalue weighted by Gasteiger charge is 2.32. The Morgan fingerprint density at radius 1 is 1.29 bits per heavy atom. The summed E-state index contributed by atoms with van der Waals surface area (Å²) >= 11 is 0. The third kappa shape index (κ3) is 3.92. The van der Waals surface area contributed by atoms with Crippen molar-refractivity contribution in [3.8, 4) is 0 Å². The lowest BCUT2D eigenvalue weighted by molar-refractivity contribution is -0.147. The summed E-state index contributed by atoms with van der Waals surface area (Å²) in [4.78, 5) is 18.5. The highest BCUT2D eigenvalue weighted by molar-refractivity contribution is 5.72. The number of aromatic nitrogens is 1. The minimum atomic E-state index is -0.130. The zero-order valence-electron chi connectivity index (χ0n) is 13.9. The summed E-state index contributed by atoms with van der Waals surface area (Å²) in [7, 11) is 1.46. The van der Waals surface area contributed by atoms with Gasteiger partial charge in [-0.2, -0.15) is 0 Å². The van der Waals surface area contributed by atoms with Crippen molar-refractivity contribution in [1.29, 1.82) is 0 Å². The molecule has 2 heterocycles. The third-order valence-electron chi connectivity index (χ3n) is 4.58. The van der Waals surface area contributed by atoms with Crippen LogP contribution in [0.15, 0.2) is 48.7 Å². The number of rotatable bonds is 4. The molecule has 0 unspecified atom stereocenters. The van der Waals surface area contributed by atoms with Crippen LogP contribution in [0.4, 0.5) is 5.82 Å². The molecule has 1 fully saturated rings. The molecule has 1 aromatic carbocycles. The van der Waals surface area contributed by atoms with Gasteiger partial charge >= 0.3 is 5.97 Å². The first kappa shape index (κ1) is 16.5. The maximum absolute atomic E-state index is 12.1. The van der Waals surface area contributed by atoms with Crippen LogP contribution in [0.1, 0.15) is 23.5 Å². The van der Waals surface area contributed by atoms with E-state index in [1.807, 2.05) is 30.3 Å². The quantitative estimate of drug-likeness (QED) is 0.875. The number of likely N-dealkylation sites (tertiary alicyclic amines) is 1. The van der Waals surface area contributed by atoms with E-state index in [0.717, 1.165) is 25.1 Å². The van der Waals surface area contributed by atoms with Gasteiger partial charge in [0.15, 0.2) is 0 Å². The van der Waals surface area contributed by atoms with Gasteiger partial charge in [-0.3, -0.25) is 9.69 Å². The van der Waals surface area contributed by atoms with E-state index < -0.39 is 0 Å². The smallest absolute Gasteiger partial charge is 0.309 e. The number of nitrogens with two attached hydrogens (primary N) is 1. The Kier molecular flexibility index (Phi) is 5.11. The number of pyridine rings is 1. The topological polar surface area (TPSA) is 68.5 Å². The Morgan fingerprint density at radius 2 is 2.08 bits per heavy atom. The van der Waals surface area contributed by atoms with Crippen LogP contribution in [-0.4, -0.2) is 36.1 Å². The Morgan fingerprint density at radius 3 is 2.79 bits per heavy atom. The molecule has 0 amide bonds. The molecule has 5 nitrogen and oxygen atoms in total. The van der Waals surface area contributed by atoms with Gasteiger partial charge in [0.05, 0.1) is 13.0 Å². The number of anilines is 1. The number of hydrogen-bond donors (Lipinski definition) is 1. The average Bonchev–Trinajstić information content (AvgIpc) is 2.61. The van der Waals surface area contributed by atoms with Crippen molar-refractivity contribution in [2.75, 3.05) is 25.9 Å². The lowest BCUT2D eigenvalue weighted by Gasteiger charge is -2.37. The van der Waals surface area contributed by atoms with Gasteiger partial charge in [0.25, 0.3) is 0 Å². The van der Waals surface area contributed by atoms with E-state index in [1.165, 1.54) is 12.7 Å². The summed E-state index contributed by atoms with van der Waals surface area (Å²) in [6.45, 7) is 2.38. The second kappa shape index (κ2) is 7.45. The van der Waals surface area contributed by atoms with Crippen LogP contribution in [0.2, 0.25) is 0 Å². The molecule has 5 heteroatoms. The molecule has 2 aromatic rings. The predicted molar refractivity (Wildman–Crippen MR) is 93.2 cm³/mol. The Hall–Kier alpha value is -2.40. The van der Waals surface area contributed by atoms with Crippen LogP contribution in [-0.2, 0) is 16.1 Å². The highest BCUT2D eigenvalue weighted by atomic mass is 16.5. The lowest BCUT2D eigenvalue weighted by Crippen LogP contribution is -2.42. The number of carbonyl (C=O) groups is 1. The van der Waals surface area contributed by atoms with Crippen LogP contribution in [0.3, 0.4) is 0 Å². The largest absolute Gasteiger partial charge is 0.469 e. The van der Waals surface area contributed by atoms with Crippen LogP contribution < -0.4 is 5.73 Å². The SMILES string of the molecule is COC(=O)[C@@H]1C[C@@H](c2ccccc2)CN(Cc2ccnc(N)c2)C1. The zero-order chi connectivity index (χ0) is 16.9. The number of esters is 1. The number of nitrogens with zero attached hydrogens (tertiary/aromatic N) is 2. The first-order valence-electron chi connectivity index (χ1n) is 8.21. The maximum atomic E-state index is 12.1. The summed E-state index contributed by atoms with van der Waals surface area (Å²) in [5, 5.41) is 0.